The minimum absolute atomic E-state index is 0.0752. The summed E-state index contributed by atoms with van der Waals surface area (Å²) in [6, 6.07) is 12.3. The summed E-state index contributed by atoms with van der Waals surface area (Å²) in [5, 5.41) is 10.6. The van der Waals surface area contributed by atoms with Crippen molar-refractivity contribution in [2.24, 2.45) is 0 Å². The van der Waals surface area contributed by atoms with Crippen LogP contribution < -0.4 is 0 Å². The lowest BCUT2D eigenvalue weighted by Crippen LogP contribution is -2.11. The second kappa shape index (κ2) is 6.17. The number of halogens is 2. The van der Waals surface area contributed by atoms with Gasteiger partial charge in [0.05, 0.1) is 6.10 Å². The van der Waals surface area contributed by atoms with E-state index in [0.29, 0.717) is 10.6 Å². The van der Waals surface area contributed by atoms with Crippen LogP contribution in [0.15, 0.2) is 42.5 Å². The van der Waals surface area contributed by atoms with E-state index in [1.807, 2.05) is 24.3 Å². The SMILES string of the molecule is CC(C)(C)c1ccc(C(O)Cc2ccc(Cl)cc2F)cc1. The van der Waals surface area contributed by atoms with Gasteiger partial charge >= 0.3 is 0 Å². The molecule has 0 radical (unpaired) electrons. The number of hydrogen-bond acceptors (Lipinski definition) is 1. The Morgan fingerprint density at radius 1 is 1.10 bits per heavy atom. The van der Waals surface area contributed by atoms with Crippen molar-refractivity contribution in [2.75, 3.05) is 0 Å². The van der Waals surface area contributed by atoms with Gasteiger partial charge in [0.2, 0.25) is 0 Å². The predicted molar refractivity (Wildman–Crippen MR) is 85.2 cm³/mol. The molecule has 0 aliphatic heterocycles. The van der Waals surface area contributed by atoms with Crippen molar-refractivity contribution in [1.29, 1.82) is 0 Å². The number of hydrogen-bond donors (Lipinski definition) is 1. The number of rotatable bonds is 3. The van der Waals surface area contributed by atoms with Gasteiger partial charge in [0.25, 0.3) is 0 Å². The molecule has 2 aromatic rings. The molecule has 0 saturated carbocycles. The van der Waals surface area contributed by atoms with Crippen LogP contribution in [0.2, 0.25) is 5.02 Å². The molecule has 0 amide bonds. The Hall–Kier alpha value is -1.38. The molecule has 2 rings (SSSR count). The zero-order chi connectivity index (χ0) is 15.6. The highest BCUT2D eigenvalue weighted by molar-refractivity contribution is 6.30. The van der Waals surface area contributed by atoms with Gasteiger partial charge in [-0.05, 0) is 34.2 Å². The molecule has 0 heterocycles. The first-order valence-electron chi connectivity index (χ1n) is 7.00. The van der Waals surface area contributed by atoms with E-state index >= 15 is 0 Å². The van der Waals surface area contributed by atoms with E-state index in [1.165, 1.54) is 11.6 Å². The van der Waals surface area contributed by atoms with Crippen molar-refractivity contribution in [2.45, 2.75) is 38.7 Å². The summed E-state index contributed by atoms with van der Waals surface area (Å²) in [7, 11) is 0. The highest BCUT2D eigenvalue weighted by atomic mass is 35.5. The van der Waals surface area contributed by atoms with E-state index in [2.05, 4.69) is 20.8 Å². The van der Waals surface area contributed by atoms with Gasteiger partial charge in [0.1, 0.15) is 5.82 Å². The minimum Gasteiger partial charge on any atom is -0.388 e. The standard InChI is InChI=1S/C18H20ClFO/c1-18(2,3)14-7-4-12(5-8-14)17(21)10-13-6-9-15(19)11-16(13)20/h4-9,11,17,21H,10H2,1-3H3. The summed E-state index contributed by atoms with van der Waals surface area (Å²) in [5.74, 6) is -0.382. The van der Waals surface area contributed by atoms with Crippen LogP contribution in [-0.2, 0) is 11.8 Å². The van der Waals surface area contributed by atoms with E-state index in [9.17, 15) is 9.50 Å². The van der Waals surface area contributed by atoms with Crippen LogP contribution in [0.1, 0.15) is 43.6 Å². The summed E-state index contributed by atoms with van der Waals surface area (Å²) in [6.07, 6.45) is -0.493. The molecule has 0 aromatic heterocycles. The van der Waals surface area contributed by atoms with Gasteiger partial charge in [0, 0.05) is 11.4 Å². The maximum absolute atomic E-state index is 13.8. The van der Waals surface area contributed by atoms with Gasteiger partial charge in [-0.15, -0.1) is 0 Å². The van der Waals surface area contributed by atoms with Crippen molar-refractivity contribution < 1.29 is 9.50 Å². The first-order chi connectivity index (χ1) is 9.77. The highest BCUT2D eigenvalue weighted by Gasteiger charge is 2.16. The Balaban J connectivity index is 2.15. The lowest BCUT2D eigenvalue weighted by molar-refractivity contribution is 0.177. The van der Waals surface area contributed by atoms with Crippen molar-refractivity contribution in [3.63, 3.8) is 0 Å². The molecule has 0 aliphatic rings. The van der Waals surface area contributed by atoms with E-state index in [0.717, 1.165) is 5.56 Å². The Morgan fingerprint density at radius 2 is 1.71 bits per heavy atom. The van der Waals surface area contributed by atoms with E-state index < -0.39 is 6.10 Å². The summed E-state index contributed by atoms with van der Waals surface area (Å²) >= 11 is 5.73. The van der Waals surface area contributed by atoms with Crippen molar-refractivity contribution >= 4 is 11.6 Å². The smallest absolute Gasteiger partial charge is 0.127 e. The third-order valence-electron chi connectivity index (χ3n) is 3.59. The molecule has 0 saturated heterocycles. The van der Waals surface area contributed by atoms with Gasteiger partial charge in [-0.1, -0.05) is 62.7 Å². The average molecular weight is 307 g/mol. The lowest BCUT2D eigenvalue weighted by atomic mass is 9.86. The molecule has 21 heavy (non-hydrogen) atoms. The number of benzene rings is 2. The fourth-order valence-corrected chi connectivity index (χ4v) is 2.38. The van der Waals surface area contributed by atoms with Crippen LogP contribution in [0.5, 0.6) is 0 Å². The van der Waals surface area contributed by atoms with Gasteiger partial charge in [-0.2, -0.15) is 0 Å². The normalized spacial score (nSPS) is 13.2. The van der Waals surface area contributed by atoms with Crippen molar-refractivity contribution in [1.82, 2.24) is 0 Å². The molecule has 1 atom stereocenters. The zero-order valence-corrected chi connectivity index (χ0v) is 13.3. The van der Waals surface area contributed by atoms with Crippen LogP contribution in [-0.4, -0.2) is 5.11 Å². The van der Waals surface area contributed by atoms with Crippen LogP contribution in [0, 0.1) is 5.82 Å². The molecule has 0 bridgehead atoms. The van der Waals surface area contributed by atoms with Gasteiger partial charge in [-0.25, -0.2) is 4.39 Å². The molecular weight excluding hydrogens is 287 g/mol. The Bertz CT molecular complexity index is 614. The number of aliphatic hydroxyl groups is 1. The second-order valence-electron chi connectivity index (χ2n) is 6.33. The summed E-state index contributed by atoms with van der Waals surface area (Å²) in [5.41, 5.74) is 2.53. The lowest BCUT2D eigenvalue weighted by Gasteiger charge is -2.20. The maximum Gasteiger partial charge on any atom is 0.127 e. The first-order valence-corrected chi connectivity index (χ1v) is 7.37. The molecule has 1 unspecified atom stereocenters. The zero-order valence-electron chi connectivity index (χ0n) is 12.5. The molecule has 0 spiro atoms. The van der Waals surface area contributed by atoms with Gasteiger partial charge in [0.15, 0.2) is 0 Å². The van der Waals surface area contributed by atoms with Crippen LogP contribution in [0.25, 0.3) is 0 Å². The quantitative estimate of drug-likeness (QED) is 0.841. The molecule has 0 aliphatic carbocycles. The minimum atomic E-state index is -0.727. The summed E-state index contributed by atoms with van der Waals surface area (Å²) in [6.45, 7) is 6.42. The van der Waals surface area contributed by atoms with Crippen LogP contribution in [0.3, 0.4) is 0 Å². The topological polar surface area (TPSA) is 20.2 Å². The van der Waals surface area contributed by atoms with Crippen LogP contribution >= 0.6 is 11.6 Å². The fraction of sp³-hybridized carbons (Fsp3) is 0.333. The summed E-state index contributed by atoms with van der Waals surface area (Å²) < 4.78 is 13.8. The van der Waals surface area contributed by atoms with Crippen molar-refractivity contribution in [3.05, 3.63) is 70.0 Å². The second-order valence-corrected chi connectivity index (χ2v) is 6.76. The maximum atomic E-state index is 13.8. The van der Waals surface area contributed by atoms with E-state index in [-0.39, 0.29) is 17.7 Å². The van der Waals surface area contributed by atoms with Gasteiger partial charge in [-0.3, -0.25) is 0 Å². The molecular formula is C18H20ClFO. The number of aliphatic hydroxyl groups excluding tert-OH is 1. The molecule has 1 nitrogen and oxygen atoms in total. The largest absolute Gasteiger partial charge is 0.388 e. The Kier molecular flexibility index (Phi) is 4.70. The first kappa shape index (κ1) is 16.0. The molecule has 1 N–H and O–H groups in total. The van der Waals surface area contributed by atoms with E-state index in [4.69, 9.17) is 11.6 Å². The molecule has 2 aromatic carbocycles. The van der Waals surface area contributed by atoms with Crippen LogP contribution in [0.4, 0.5) is 4.39 Å². The third kappa shape index (κ3) is 4.05. The molecule has 0 fully saturated rings. The Labute approximate surface area is 130 Å². The molecule has 3 heteroatoms. The highest BCUT2D eigenvalue weighted by Crippen LogP contribution is 2.26. The average Bonchev–Trinajstić information content (AvgIpc) is 2.41. The summed E-state index contributed by atoms with van der Waals surface area (Å²) in [4.78, 5) is 0. The predicted octanol–water partition coefficient (Wildman–Crippen LogP) is 5.05. The van der Waals surface area contributed by atoms with E-state index in [1.54, 1.807) is 12.1 Å². The molecule has 112 valence electrons. The monoisotopic (exact) mass is 306 g/mol. The van der Waals surface area contributed by atoms with Gasteiger partial charge < -0.3 is 5.11 Å². The fourth-order valence-electron chi connectivity index (χ4n) is 2.22. The Morgan fingerprint density at radius 3 is 2.24 bits per heavy atom. The van der Waals surface area contributed by atoms with Crippen molar-refractivity contribution in [3.8, 4) is 0 Å². The third-order valence-corrected chi connectivity index (χ3v) is 3.82.